The molecule has 2 aromatic rings. The molecule has 4 nitrogen and oxygen atoms in total. The smallest absolute Gasteiger partial charge is 0.264 e. The summed E-state index contributed by atoms with van der Waals surface area (Å²) < 4.78 is 6.42. The number of hydrogen-bond acceptors (Lipinski definition) is 3. The van der Waals surface area contributed by atoms with Gasteiger partial charge in [0.1, 0.15) is 5.75 Å². The van der Waals surface area contributed by atoms with Gasteiger partial charge in [-0.25, -0.2) is 0 Å². The Hall–Kier alpha value is -2.32. The van der Waals surface area contributed by atoms with Gasteiger partial charge in [0.2, 0.25) is 0 Å². The van der Waals surface area contributed by atoms with Crippen molar-refractivity contribution in [3.05, 3.63) is 58.1 Å². The second-order valence-corrected chi connectivity index (χ2v) is 6.37. The summed E-state index contributed by atoms with van der Waals surface area (Å²) in [6, 6.07) is 15.4. The first-order valence-corrected chi connectivity index (χ1v) is 8.43. The molecule has 0 aliphatic carbocycles. The Morgan fingerprint density at radius 1 is 1.21 bits per heavy atom. The maximum absolute atomic E-state index is 12.6. The predicted molar refractivity (Wildman–Crippen MR) is 98.1 cm³/mol. The number of aryl methyl sites for hydroxylation is 2. The average molecular weight is 387 g/mol. The monoisotopic (exact) mass is 386 g/mol. The van der Waals surface area contributed by atoms with Crippen LogP contribution in [0.2, 0.25) is 0 Å². The summed E-state index contributed by atoms with van der Waals surface area (Å²) in [6.07, 6.45) is 0.272. The molecule has 0 saturated heterocycles. The standard InChI is InChI=1S/C19H19BrN2O2/c1-14-10-15(2)12-16(11-14)22(9-5-8-21)19(23)13-24-18-7-4-3-6-17(18)20/h3-4,6-7,10-12H,5,9,13H2,1-2H3. The van der Waals surface area contributed by atoms with Gasteiger partial charge in [0.15, 0.2) is 6.61 Å². The molecule has 0 atom stereocenters. The Labute approximate surface area is 150 Å². The first-order valence-electron chi connectivity index (χ1n) is 7.64. The molecular weight excluding hydrogens is 368 g/mol. The quantitative estimate of drug-likeness (QED) is 0.739. The van der Waals surface area contributed by atoms with Gasteiger partial charge < -0.3 is 9.64 Å². The normalized spacial score (nSPS) is 10.1. The summed E-state index contributed by atoms with van der Waals surface area (Å²) >= 11 is 3.40. The number of nitriles is 1. The third kappa shape index (κ3) is 4.84. The van der Waals surface area contributed by atoms with Crippen LogP contribution in [-0.4, -0.2) is 19.1 Å². The van der Waals surface area contributed by atoms with E-state index in [9.17, 15) is 4.79 Å². The van der Waals surface area contributed by atoms with E-state index in [1.165, 1.54) is 0 Å². The maximum Gasteiger partial charge on any atom is 0.264 e. The fourth-order valence-electron chi connectivity index (χ4n) is 2.45. The fourth-order valence-corrected chi connectivity index (χ4v) is 2.84. The van der Waals surface area contributed by atoms with Gasteiger partial charge in [-0.3, -0.25) is 4.79 Å². The highest BCUT2D eigenvalue weighted by molar-refractivity contribution is 9.10. The van der Waals surface area contributed by atoms with Gasteiger partial charge in [-0.05, 0) is 65.2 Å². The molecule has 24 heavy (non-hydrogen) atoms. The molecule has 0 aliphatic rings. The first-order chi connectivity index (χ1) is 11.5. The molecule has 0 radical (unpaired) electrons. The minimum absolute atomic E-state index is 0.0823. The highest BCUT2D eigenvalue weighted by Gasteiger charge is 2.17. The predicted octanol–water partition coefficient (Wildman–Crippen LogP) is 4.39. The molecule has 0 fully saturated rings. The van der Waals surface area contributed by atoms with E-state index < -0.39 is 0 Å². The highest BCUT2D eigenvalue weighted by Crippen LogP contribution is 2.24. The largest absolute Gasteiger partial charge is 0.483 e. The molecule has 0 bridgehead atoms. The van der Waals surface area contributed by atoms with Crippen molar-refractivity contribution in [3.63, 3.8) is 0 Å². The van der Waals surface area contributed by atoms with Crippen LogP contribution in [0.25, 0.3) is 0 Å². The lowest BCUT2D eigenvalue weighted by Crippen LogP contribution is -2.35. The second kappa shape index (κ2) is 8.51. The number of nitrogens with zero attached hydrogens (tertiary/aromatic N) is 2. The van der Waals surface area contributed by atoms with Crippen LogP contribution in [0.3, 0.4) is 0 Å². The lowest BCUT2D eigenvalue weighted by Gasteiger charge is -2.23. The van der Waals surface area contributed by atoms with Crippen LogP contribution in [0, 0.1) is 25.2 Å². The third-order valence-electron chi connectivity index (χ3n) is 3.45. The summed E-state index contributed by atoms with van der Waals surface area (Å²) in [5.41, 5.74) is 2.95. The lowest BCUT2D eigenvalue weighted by molar-refractivity contribution is -0.120. The molecule has 0 unspecified atom stereocenters. The molecule has 0 aliphatic heterocycles. The van der Waals surface area contributed by atoms with Gasteiger partial charge in [-0.1, -0.05) is 18.2 Å². The van der Waals surface area contributed by atoms with Gasteiger partial charge >= 0.3 is 0 Å². The number of ether oxygens (including phenoxy) is 1. The van der Waals surface area contributed by atoms with E-state index in [2.05, 4.69) is 22.0 Å². The number of anilines is 1. The van der Waals surface area contributed by atoms with Crippen molar-refractivity contribution in [1.82, 2.24) is 0 Å². The average Bonchev–Trinajstić information content (AvgIpc) is 2.53. The zero-order chi connectivity index (χ0) is 17.5. The number of para-hydroxylation sites is 1. The first kappa shape index (κ1) is 18.0. The molecule has 124 valence electrons. The molecule has 0 saturated carbocycles. The summed E-state index contributed by atoms with van der Waals surface area (Å²) in [6.45, 7) is 4.24. The lowest BCUT2D eigenvalue weighted by atomic mass is 10.1. The maximum atomic E-state index is 12.6. The summed E-state index contributed by atoms with van der Waals surface area (Å²) in [7, 11) is 0. The van der Waals surface area contributed by atoms with E-state index in [1.807, 2.05) is 50.2 Å². The number of hydrogen-bond donors (Lipinski definition) is 0. The van der Waals surface area contributed by atoms with Crippen LogP contribution in [0.1, 0.15) is 17.5 Å². The van der Waals surface area contributed by atoms with E-state index in [0.29, 0.717) is 12.3 Å². The van der Waals surface area contributed by atoms with Crippen LogP contribution < -0.4 is 9.64 Å². The van der Waals surface area contributed by atoms with Crippen molar-refractivity contribution >= 4 is 27.5 Å². The van der Waals surface area contributed by atoms with Crippen molar-refractivity contribution < 1.29 is 9.53 Å². The highest BCUT2D eigenvalue weighted by atomic mass is 79.9. The number of carbonyl (C=O) groups is 1. The Morgan fingerprint density at radius 2 is 1.88 bits per heavy atom. The fraction of sp³-hybridized carbons (Fsp3) is 0.263. The van der Waals surface area contributed by atoms with Crippen molar-refractivity contribution in [3.8, 4) is 11.8 Å². The molecule has 0 aromatic heterocycles. The zero-order valence-corrected chi connectivity index (χ0v) is 15.3. The van der Waals surface area contributed by atoms with Gasteiger partial charge in [-0.2, -0.15) is 5.26 Å². The van der Waals surface area contributed by atoms with Gasteiger partial charge in [0.05, 0.1) is 17.0 Å². The summed E-state index contributed by atoms with van der Waals surface area (Å²) in [4.78, 5) is 14.2. The number of benzene rings is 2. The van der Waals surface area contributed by atoms with Crippen molar-refractivity contribution in [2.75, 3.05) is 18.1 Å². The van der Waals surface area contributed by atoms with Crippen LogP contribution >= 0.6 is 15.9 Å². The van der Waals surface area contributed by atoms with E-state index >= 15 is 0 Å². The van der Waals surface area contributed by atoms with E-state index in [-0.39, 0.29) is 18.9 Å². The molecular formula is C19H19BrN2O2. The molecule has 1 amide bonds. The minimum Gasteiger partial charge on any atom is -0.483 e. The van der Waals surface area contributed by atoms with Crippen molar-refractivity contribution in [2.45, 2.75) is 20.3 Å². The summed E-state index contributed by atoms with van der Waals surface area (Å²) in [5, 5.41) is 8.87. The van der Waals surface area contributed by atoms with Crippen LogP contribution in [-0.2, 0) is 4.79 Å². The van der Waals surface area contributed by atoms with Crippen LogP contribution in [0.15, 0.2) is 46.9 Å². The number of rotatable bonds is 6. The van der Waals surface area contributed by atoms with Crippen LogP contribution in [0.5, 0.6) is 5.75 Å². The molecule has 2 aromatic carbocycles. The zero-order valence-electron chi connectivity index (χ0n) is 13.8. The molecule has 0 heterocycles. The third-order valence-corrected chi connectivity index (χ3v) is 4.11. The molecule has 5 heteroatoms. The Balaban J connectivity index is 2.16. The topological polar surface area (TPSA) is 53.3 Å². The SMILES string of the molecule is Cc1cc(C)cc(N(CCC#N)C(=O)COc2ccccc2Br)c1. The van der Waals surface area contributed by atoms with E-state index in [0.717, 1.165) is 21.3 Å². The Morgan fingerprint density at radius 3 is 2.50 bits per heavy atom. The minimum atomic E-state index is -0.175. The number of amides is 1. The van der Waals surface area contributed by atoms with Crippen molar-refractivity contribution in [1.29, 1.82) is 5.26 Å². The van der Waals surface area contributed by atoms with Gasteiger partial charge in [0, 0.05) is 12.2 Å². The van der Waals surface area contributed by atoms with Crippen molar-refractivity contribution in [2.24, 2.45) is 0 Å². The molecule has 0 N–H and O–H groups in total. The molecule has 0 spiro atoms. The second-order valence-electron chi connectivity index (χ2n) is 5.52. The Bertz CT molecular complexity index is 748. The van der Waals surface area contributed by atoms with E-state index in [1.54, 1.807) is 11.0 Å². The van der Waals surface area contributed by atoms with Gasteiger partial charge in [-0.15, -0.1) is 0 Å². The number of carbonyl (C=O) groups excluding carboxylic acids is 1. The molecule has 2 rings (SSSR count). The van der Waals surface area contributed by atoms with Gasteiger partial charge in [0.25, 0.3) is 5.91 Å². The number of halogens is 1. The summed E-state index contributed by atoms with van der Waals surface area (Å²) in [5.74, 6) is 0.442. The Kier molecular flexibility index (Phi) is 6.39. The van der Waals surface area contributed by atoms with Crippen LogP contribution in [0.4, 0.5) is 5.69 Å². The van der Waals surface area contributed by atoms with E-state index in [4.69, 9.17) is 10.00 Å².